The normalized spacial score (nSPS) is 12.1. The zero-order valence-corrected chi connectivity index (χ0v) is 16.9. The second-order valence-corrected chi connectivity index (χ2v) is 7.07. The summed E-state index contributed by atoms with van der Waals surface area (Å²) in [5.41, 5.74) is -1.10. The van der Waals surface area contributed by atoms with E-state index >= 15 is 0 Å². The molecule has 33 heavy (non-hydrogen) atoms. The van der Waals surface area contributed by atoms with Gasteiger partial charge in [0.05, 0.1) is 30.1 Å². The summed E-state index contributed by atoms with van der Waals surface area (Å²) in [6.07, 6.45) is -5.61. The van der Waals surface area contributed by atoms with Crippen molar-refractivity contribution in [1.29, 1.82) is 0 Å². The largest absolute Gasteiger partial charge is 0.496 e. The molecule has 0 unspecified atom stereocenters. The molecule has 0 aliphatic rings. The molecule has 0 fully saturated rings. The number of hydrogen-bond donors (Lipinski definition) is 1. The van der Waals surface area contributed by atoms with E-state index in [1.165, 1.54) is 25.7 Å². The first-order valence-electron chi connectivity index (χ1n) is 9.50. The van der Waals surface area contributed by atoms with Crippen LogP contribution in [0.1, 0.15) is 11.1 Å². The SMILES string of the molecule is COc1ccccc1-c1ccncc1-c1cn[nH]c1-c1cc(C(F)(F)F)cc(C(F)(F)F)c1. The number of nitrogens with one attached hydrogen (secondary N) is 1. The Labute approximate surface area is 183 Å². The molecule has 0 amide bonds. The quantitative estimate of drug-likeness (QED) is 0.337. The van der Waals surface area contributed by atoms with Gasteiger partial charge in [-0.1, -0.05) is 18.2 Å². The standard InChI is InChI=1S/C23H15F6N3O/c1-33-20-5-3-2-4-17(20)16-6-7-30-11-18(16)19-12-31-32-21(19)13-8-14(22(24,25)26)10-15(9-13)23(27,28)29/h2-12H,1H3,(H,31,32). The first kappa shape index (κ1) is 22.4. The Morgan fingerprint density at radius 3 is 2.06 bits per heavy atom. The maximum Gasteiger partial charge on any atom is 0.416 e. The summed E-state index contributed by atoms with van der Waals surface area (Å²) < 4.78 is 85.5. The fourth-order valence-corrected chi connectivity index (χ4v) is 3.52. The van der Waals surface area contributed by atoms with Gasteiger partial charge in [0.1, 0.15) is 5.75 Å². The lowest BCUT2D eigenvalue weighted by atomic mass is 9.93. The fraction of sp³-hybridized carbons (Fsp3) is 0.130. The number of aromatic nitrogens is 3. The van der Waals surface area contributed by atoms with Crippen molar-refractivity contribution in [2.45, 2.75) is 12.4 Å². The van der Waals surface area contributed by atoms with Crippen molar-refractivity contribution in [1.82, 2.24) is 15.2 Å². The van der Waals surface area contributed by atoms with Crippen LogP contribution in [-0.2, 0) is 12.4 Å². The Balaban J connectivity index is 1.93. The zero-order valence-electron chi connectivity index (χ0n) is 16.9. The van der Waals surface area contributed by atoms with Gasteiger partial charge in [0, 0.05) is 34.6 Å². The molecule has 4 rings (SSSR count). The maximum absolute atomic E-state index is 13.4. The van der Waals surface area contributed by atoms with E-state index < -0.39 is 23.5 Å². The van der Waals surface area contributed by atoms with Gasteiger partial charge in [-0.05, 0) is 35.9 Å². The van der Waals surface area contributed by atoms with Gasteiger partial charge >= 0.3 is 12.4 Å². The van der Waals surface area contributed by atoms with Crippen molar-refractivity contribution >= 4 is 0 Å². The first-order valence-corrected chi connectivity index (χ1v) is 9.50. The van der Waals surface area contributed by atoms with Gasteiger partial charge in [-0.15, -0.1) is 0 Å². The Morgan fingerprint density at radius 2 is 1.42 bits per heavy atom. The van der Waals surface area contributed by atoms with Crippen molar-refractivity contribution in [2.24, 2.45) is 0 Å². The third kappa shape index (κ3) is 4.41. The molecule has 10 heteroatoms. The summed E-state index contributed by atoms with van der Waals surface area (Å²) >= 11 is 0. The number of ether oxygens (including phenoxy) is 1. The van der Waals surface area contributed by atoms with Crippen molar-refractivity contribution in [3.05, 3.63) is 78.2 Å². The zero-order chi connectivity index (χ0) is 23.8. The third-order valence-corrected chi connectivity index (χ3v) is 5.02. The molecule has 0 saturated carbocycles. The number of halogens is 6. The van der Waals surface area contributed by atoms with Crippen LogP contribution in [0.3, 0.4) is 0 Å². The van der Waals surface area contributed by atoms with Gasteiger partial charge < -0.3 is 4.74 Å². The topological polar surface area (TPSA) is 50.8 Å². The second-order valence-electron chi connectivity index (χ2n) is 7.07. The van der Waals surface area contributed by atoms with Gasteiger partial charge in [0.2, 0.25) is 0 Å². The monoisotopic (exact) mass is 463 g/mol. The third-order valence-electron chi connectivity index (χ3n) is 5.02. The predicted molar refractivity (Wildman–Crippen MR) is 109 cm³/mol. The van der Waals surface area contributed by atoms with E-state index in [9.17, 15) is 26.3 Å². The highest BCUT2D eigenvalue weighted by Gasteiger charge is 2.37. The lowest BCUT2D eigenvalue weighted by molar-refractivity contribution is -0.143. The molecule has 4 aromatic rings. The number of para-hydroxylation sites is 1. The average molecular weight is 463 g/mol. The van der Waals surface area contributed by atoms with Gasteiger partial charge in [-0.3, -0.25) is 10.1 Å². The van der Waals surface area contributed by atoms with E-state index in [2.05, 4.69) is 15.2 Å². The van der Waals surface area contributed by atoms with Gasteiger partial charge in [0.25, 0.3) is 0 Å². The van der Waals surface area contributed by atoms with Crippen molar-refractivity contribution in [3.63, 3.8) is 0 Å². The minimum atomic E-state index is -4.97. The number of methoxy groups -OCH3 is 1. The molecule has 1 N–H and O–H groups in total. The van der Waals surface area contributed by atoms with E-state index in [1.807, 2.05) is 0 Å². The Hall–Kier alpha value is -3.82. The van der Waals surface area contributed by atoms with Gasteiger partial charge in [-0.2, -0.15) is 31.4 Å². The molecule has 0 aliphatic heterocycles. The van der Waals surface area contributed by atoms with Crippen LogP contribution in [0, 0.1) is 0 Å². The highest BCUT2D eigenvalue weighted by molar-refractivity contribution is 5.91. The number of benzene rings is 2. The molecule has 0 atom stereocenters. The van der Waals surface area contributed by atoms with E-state index in [0.29, 0.717) is 34.6 Å². The summed E-state index contributed by atoms with van der Waals surface area (Å²) in [6, 6.07) is 10.1. The molecule has 0 radical (unpaired) electrons. The lowest BCUT2D eigenvalue weighted by Crippen LogP contribution is -2.11. The molecule has 0 bridgehead atoms. The summed E-state index contributed by atoms with van der Waals surface area (Å²) in [7, 11) is 1.49. The molecule has 170 valence electrons. The molecule has 0 spiro atoms. The highest BCUT2D eigenvalue weighted by atomic mass is 19.4. The van der Waals surface area contributed by atoms with Gasteiger partial charge in [0.15, 0.2) is 0 Å². The van der Waals surface area contributed by atoms with Crippen molar-refractivity contribution in [3.8, 4) is 39.3 Å². The van der Waals surface area contributed by atoms with E-state index in [-0.39, 0.29) is 22.9 Å². The van der Waals surface area contributed by atoms with Crippen LogP contribution < -0.4 is 4.74 Å². The van der Waals surface area contributed by atoms with E-state index in [4.69, 9.17) is 4.74 Å². The van der Waals surface area contributed by atoms with E-state index in [0.717, 1.165) is 0 Å². The summed E-state index contributed by atoms with van der Waals surface area (Å²) in [4.78, 5) is 4.09. The van der Waals surface area contributed by atoms with Crippen molar-refractivity contribution < 1.29 is 31.1 Å². The molecule has 2 heterocycles. The first-order chi connectivity index (χ1) is 15.6. The van der Waals surface area contributed by atoms with E-state index in [1.54, 1.807) is 30.3 Å². The van der Waals surface area contributed by atoms with Crippen LogP contribution in [0.25, 0.3) is 33.5 Å². The smallest absolute Gasteiger partial charge is 0.416 e. The average Bonchev–Trinajstić information content (AvgIpc) is 3.27. The summed E-state index contributed by atoms with van der Waals surface area (Å²) in [6.45, 7) is 0. The van der Waals surface area contributed by atoms with Crippen LogP contribution in [0.2, 0.25) is 0 Å². The molecule has 2 aromatic carbocycles. The van der Waals surface area contributed by atoms with Crippen LogP contribution in [-0.4, -0.2) is 22.3 Å². The predicted octanol–water partition coefficient (Wildman–Crippen LogP) is 6.85. The highest BCUT2D eigenvalue weighted by Crippen LogP contribution is 2.42. The molecule has 0 saturated heterocycles. The fourth-order valence-electron chi connectivity index (χ4n) is 3.52. The summed E-state index contributed by atoms with van der Waals surface area (Å²) in [5, 5.41) is 6.43. The van der Waals surface area contributed by atoms with Crippen molar-refractivity contribution in [2.75, 3.05) is 7.11 Å². The maximum atomic E-state index is 13.4. The van der Waals surface area contributed by atoms with Crippen LogP contribution >= 0.6 is 0 Å². The molecular formula is C23H15F6N3O. The van der Waals surface area contributed by atoms with Gasteiger partial charge in [-0.25, -0.2) is 0 Å². The van der Waals surface area contributed by atoms with Crippen LogP contribution in [0.15, 0.2) is 67.1 Å². The molecule has 0 aliphatic carbocycles. The Bertz CT molecular complexity index is 1260. The summed E-state index contributed by atoms with van der Waals surface area (Å²) in [5.74, 6) is 0.536. The van der Waals surface area contributed by atoms with Crippen LogP contribution in [0.5, 0.6) is 5.75 Å². The Kier molecular flexibility index (Phi) is 5.61. The number of H-pyrrole nitrogens is 1. The minimum absolute atomic E-state index is 0.00394. The molecule has 2 aromatic heterocycles. The number of alkyl halides is 6. The second kappa shape index (κ2) is 8.27. The molecular weight excluding hydrogens is 448 g/mol. The Morgan fingerprint density at radius 1 is 0.758 bits per heavy atom. The number of hydrogen-bond acceptors (Lipinski definition) is 3. The minimum Gasteiger partial charge on any atom is -0.496 e. The lowest BCUT2D eigenvalue weighted by Gasteiger charge is -2.15. The number of rotatable bonds is 4. The number of aromatic amines is 1. The molecule has 4 nitrogen and oxygen atoms in total. The van der Waals surface area contributed by atoms with Crippen LogP contribution in [0.4, 0.5) is 26.3 Å². The number of pyridine rings is 1. The number of nitrogens with zero attached hydrogens (tertiary/aromatic N) is 2.